The predicted molar refractivity (Wildman–Crippen MR) is 128 cm³/mol. The van der Waals surface area contributed by atoms with Crippen LogP contribution in [-0.2, 0) is 13.0 Å². The highest BCUT2D eigenvalue weighted by molar-refractivity contribution is 5.91. The van der Waals surface area contributed by atoms with Crippen LogP contribution in [0, 0.1) is 0 Å². The maximum atomic E-state index is 12.5. The van der Waals surface area contributed by atoms with E-state index in [2.05, 4.69) is 21.2 Å². The summed E-state index contributed by atoms with van der Waals surface area (Å²) in [5.74, 6) is 2.68. The highest BCUT2D eigenvalue weighted by Crippen LogP contribution is 2.28. The number of amides is 1. The number of hydrogen-bond donors (Lipinski definition) is 1. The highest BCUT2D eigenvalue weighted by Gasteiger charge is 2.21. The molecule has 0 aliphatic carbocycles. The lowest BCUT2D eigenvalue weighted by Crippen LogP contribution is -2.46. The van der Waals surface area contributed by atoms with Crippen molar-refractivity contribution in [3.05, 3.63) is 77.7 Å². The summed E-state index contributed by atoms with van der Waals surface area (Å²) in [7, 11) is 3.36. The fourth-order valence-corrected chi connectivity index (χ4v) is 4.15. The summed E-state index contributed by atoms with van der Waals surface area (Å²) >= 11 is 0. The Bertz CT molecular complexity index is 1060. The molecule has 1 aliphatic heterocycles. The fraction of sp³-hybridized carbons (Fsp3) is 0.346. The molecule has 7 heteroatoms. The van der Waals surface area contributed by atoms with E-state index >= 15 is 0 Å². The van der Waals surface area contributed by atoms with Crippen LogP contribution in [0.4, 0.5) is 5.69 Å². The normalized spacial score (nSPS) is 14.2. The van der Waals surface area contributed by atoms with Gasteiger partial charge in [0.25, 0.3) is 5.91 Å². The average Bonchev–Trinajstić information content (AvgIpc) is 3.33. The molecule has 7 nitrogen and oxygen atoms in total. The second-order valence-corrected chi connectivity index (χ2v) is 8.02. The van der Waals surface area contributed by atoms with E-state index in [0.29, 0.717) is 25.3 Å². The number of benzene rings is 2. The van der Waals surface area contributed by atoms with Crippen LogP contribution < -0.4 is 19.7 Å². The molecule has 2 heterocycles. The van der Waals surface area contributed by atoms with Crippen molar-refractivity contribution in [1.82, 2.24) is 10.2 Å². The number of carbonyl (C=O) groups excluding carboxylic acids is 1. The average molecular weight is 450 g/mol. The van der Waals surface area contributed by atoms with E-state index in [0.717, 1.165) is 54.7 Å². The molecule has 0 bridgehead atoms. The quantitative estimate of drug-likeness (QED) is 0.539. The molecule has 0 spiro atoms. The smallest absolute Gasteiger partial charge is 0.287 e. The minimum absolute atomic E-state index is 0.197. The number of ether oxygens (including phenoxy) is 2. The van der Waals surface area contributed by atoms with Gasteiger partial charge in [0.2, 0.25) is 0 Å². The van der Waals surface area contributed by atoms with Crippen molar-refractivity contribution in [3.8, 4) is 11.5 Å². The molecule has 1 N–H and O–H groups in total. The molecule has 0 unspecified atom stereocenters. The van der Waals surface area contributed by atoms with Crippen molar-refractivity contribution >= 4 is 11.6 Å². The summed E-state index contributed by atoms with van der Waals surface area (Å²) in [6.07, 6.45) is 0.694. The van der Waals surface area contributed by atoms with Gasteiger partial charge in [-0.25, -0.2) is 0 Å². The topological polar surface area (TPSA) is 67.2 Å². The summed E-state index contributed by atoms with van der Waals surface area (Å²) in [6, 6.07) is 19.6. The first kappa shape index (κ1) is 22.7. The Morgan fingerprint density at radius 3 is 2.36 bits per heavy atom. The molecule has 1 fully saturated rings. The molecule has 3 aromatic rings. The summed E-state index contributed by atoms with van der Waals surface area (Å²) in [5, 5.41) is 2.93. The molecule has 0 saturated carbocycles. The molecule has 33 heavy (non-hydrogen) atoms. The second kappa shape index (κ2) is 10.9. The van der Waals surface area contributed by atoms with E-state index < -0.39 is 0 Å². The molecule has 174 valence electrons. The first-order valence-corrected chi connectivity index (χ1v) is 11.3. The van der Waals surface area contributed by atoms with Crippen LogP contribution >= 0.6 is 0 Å². The van der Waals surface area contributed by atoms with Gasteiger partial charge in [0, 0.05) is 32.7 Å². The van der Waals surface area contributed by atoms with Gasteiger partial charge >= 0.3 is 0 Å². The molecule has 1 aromatic heterocycles. The Hall–Kier alpha value is -3.45. The molecular weight excluding hydrogens is 418 g/mol. The molecule has 4 rings (SSSR count). The van der Waals surface area contributed by atoms with Gasteiger partial charge in [-0.15, -0.1) is 0 Å². The van der Waals surface area contributed by atoms with Gasteiger partial charge in [-0.3, -0.25) is 9.69 Å². The van der Waals surface area contributed by atoms with E-state index in [1.54, 1.807) is 20.3 Å². The van der Waals surface area contributed by atoms with Gasteiger partial charge in [0.05, 0.1) is 26.5 Å². The zero-order valence-electron chi connectivity index (χ0n) is 19.3. The van der Waals surface area contributed by atoms with Crippen LogP contribution in [-0.4, -0.2) is 57.8 Å². The number of nitrogens with one attached hydrogen (secondary N) is 1. The first-order chi connectivity index (χ1) is 16.2. The lowest BCUT2D eigenvalue weighted by molar-refractivity contribution is 0.0922. The van der Waals surface area contributed by atoms with Gasteiger partial charge in [0.15, 0.2) is 5.76 Å². The van der Waals surface area contributed by atoms with Crippen molar-refractivity contribution in [2.45, 2.75) is 13.0 Å². The van der Waals surface area contributed by atoms with Gasteiger partial charge in [-0.1, -0.05) is 30.3 Å². The van der Waals surface area contributed by atoms with Crippen LogP contribution in [0.15, 0.2) is 65.1 Å². The van der Waals surface area contributed by atoms with Crippen LogP contribution in [0.3, 0.4) is 0 Å². The third-order valence-electron chi connectivity index (χ3n) is 5.94. The summed E-state index contributed by atoms with van der Waals surface area (Å²) < 4.78 is 16.7. The number of para-hydroxylation sites is 3. The van der Waals surface area contributed by atoms with E-state index in [1.165, 1.54) is 0 Å². The number of nitrogens with zero attached hydrogens (tertiary/aromatic N) is 2. The minimum Gasteiger partial charge on any atom is -0.496 e. The van der Waals surface area contributed by atoms with Crippen LogP contribution in [0.1, 0.15) is 21.9 Å². The van der Waals surface area contributed by atoms with Gasteiger partial charge < -0.3 is 24.1 Å². The third-order valence-corrected chi connectivity index (χ3v) is 5.94. The van der Waals surface area contributed by atoms with Crippen molar-refractivity contribution in [3.63, 3.8) is 0 Å². The second-order valence-electron chi connectivity index (χ2n) is 8.02. The highest BCUT2D eigenvalue weighted by atomic mass is 16.5. The Labute approximate surface area is 194 Å². The molecule has 1 saturated heterocycles. The summed E-state index contributed by atoms with van der Waals surface area (Å²) in [6.45, 7) is 4.86. The number of carbonyl (C=O) groups is 1. The van der Waals surface area contributed by atoms with Crippen molar-refractivity contribution < 1.29 is 18.7 Å². The van der Waals surface area contributed by atoms with Gasteiger partial charge in [-0.05, 0) is 42.3 Å². The van der Waals surface area contributed by atoms with Crippen LogP contribution in [0.2, 0.25) is 0 Å². The minimum atomic E-state index is -0.197. The maximum absolute atomic E-state index is 12.5. The van der Waals surface area contributed by atoms with Crippen LogP contribution in [0.5, 0.6) is 11.5 Å². The zero-order valence-corrected chi connectivity index (χ0v) is 19.3. The Morgan fingerprint density at radius 2 is 1.61 bits per heavy atom. The van der Waals surface area contributed by atoms with Crippen molar-refractivity contribution in [2.24, 2.45) is 0 Å². The fourth-order valence-electron chi connectivity index (χ4n) is 4.15. The largest absolute Gasteiger partial charge is 0.496 e. The SMILES string of the molecule is COc1ccccc1CCNC(=O)c1ccc(CN2CCN(c3ccccc3OC)CC2)o1. The predicted octanol–water partition coefficient (Wildman–Crippen LogP) is 3.59. The molecule has 0 atom stereocenters. The number of furan rings is 1. The standard InChI is InChI=1S/C26H31N3O4/c1-31-23-9-5-3-7-20(23)13-14-27-26(30)25-12-11-21(33-25)19-28-15-17-29(18-16-28)22-8-4-6-10-24(22)32-2/h3-12H,13-19H2,1-2H3,(H,27,30). The van der Waals surface area contributed by atoms with Gasteiger partial charge in [-0.2, -0.15) is 0 Å². The number of anilines is 1. The molecular formula is C26H31N3O4. The number of piperazine rings is 1. The molecule has 1 amide bonds. The molecule has 0 radical (unpaired) electrons. The molecule has 1 aliphatic rings. The summed E-state index contributed by atoms with van der Waals surface area (Å²) in [4.78, 5) is 17.2. The Morgan fingerprint density at radius 1 is 0.909 bits per heavy atom. The van der Waals surface area contributed by atoms with Crippen molar-refractivity contribution in [1.29, 1.82) is 0 Å². The first-order valence-electron chi connectivity index (χ1n) is 11.3. The maximum Gasteiger partial charge on any atom is 0.287 e. The van der Waals surface area contributed by atoms with E-state index in [1.807, 2.05) is 48.5 Å². The van der Waals surface area contributed by atoms with Gasteiger partial charge in [0.1, 0.15) is 17.3 Å². The summed E-state index contributed by atoms with van der Waals surface area (Å²) in [5.41, 5.74) is 2.19. The molecule has 2 aromatic carbocycles. The number of hydrogen-bond acceptors (Lipinski definition) is 6. The van der Waals surface area contributed by atoms with E-state index in [4.69, 9.17) is 13.9 Å². The van der Waals surface area contributed by atoms with Crippen LogP contribution in [0.25, 0.3) is 0 Å². The van der Waals surface area contributed by atoms with Crippen molar-refractivity contribution in [2.75, 3.05) is 51.8 Å². The Kier molecular flexibility index (Phi) is 7.52. The third kappa shape index (κ3) is 5.68. The number of rotatable bonds is 9. The zero-order chi connectivity index (χ0) is 23.0. The lowest BCUT2D eigenvalue weighted by atomic mass is 10.1. The number of methoxy groups -OCH3 is 2. The Balaban J connectivity index is 1.25. The lowest BCUT2D eigenvalue weighted by Gasteiger charge is -2.36. The monoisotopic (exact) mass is 449 g/mol. The van der Waals surface area contributed by atoms with E-state index in [9.17, 15) is 4.79 Å². The van der Waals surface area contributed by atoms with E-state index in [-0.39, 0.29) is 5.91 Å².